The van der Waals surface area contributed by atoms with Crippen molar-refractivity contribution in [2.75, 3.05) is 18.4 Å². The first kappa shape index (κ1) is 15.5. The Morgan fingerprint density at radius 3 is 2.57 bits per heavy atom. The van der Waals surface area contributed by atoms with Gasteiger partial charge in [-0.2, -0.15) is 0 Å². The molecule has 4 heteroatoms. The zero-order valence-corrected chi connectivity index (χ0v) is 13.3. The van der Waals surface area contributed by atoms with Crippen molar-refractivity contribution in [1.29, 1.82) is 0 Å². The van der Waals surface area contributed by atoms with Gasteiger partial charge in [0.1, 0.15) is 5.82 Å². The van der Waals surface area contributed by atoms with Crippen LogP contribution in [0.15, 0.2) is 48.5 Å². The molecule has 0 aliphatic carbocycles. The molecule has 0 radical (unpaired) electrons. The van der Waals surface area contributed by atoms with Gasteiger partial charge in [-0.05, 0) is 55.7 Å². The Bertz CT molecular complexity index is 693. The monoisotopic (exact) mass is 312 g/mol. The molecule has 23 heavy (non-hydrogen) atoms. The number of piperidine rings is 1. The summed E-state index contributed by atoms with van der Waals surface area (Å²) in [5.74, 6) is -0.453. The number of halogens is 1. The Kier molecular flexibility index (Phi) is 4.60. The van der Waals surface area contributed by atoms with Gasteiger partial charge in [0.15, 0.2) is 0 Å². The van der Waals surface area contributed by atoms with Gasteiger partial charge < -0.3 is 10.2 Å². The molecule has 2 aromatic rings. The third kappa shape index (κ3) is 3.89. The number of likely N-dealkylation sites (tertiary alicyclic amines) is 1. The van der Waals surface area contributed by atoms with Crippen molar-refractivity contribution in [3.63, 3.8) is 0 Å². The average molecular weight is 312 g/mol. The van der Waals surface area contributed by atoms with Crippen molar-refractivity contribution < 1.29 is 9.18 Å². The molecule has 0 saturated carbocycles. The van der Waals surface area contributed by atoms with Crippen LogP contribution in [0.25, 0.3) is 0 Å². The summed E-state index contributed by atoms with van der Waals surface area (Å²) in [5, 5.41) is 3.53. The molecule has 2 aromatic carbocycles. The quantitative estimate of drug-likeness (QED) is 0.933. The van der Waals surface area contributed by atoms with Crippen molar-refractivity contribution in [2.24, 2.45) is 0 Å². The lowest BCUT2D eigenvalue weighted by atomic mass is 10.0. The van der Waals surface area contributed by atoms with E-state index in [0.29, 0.717) is 24.7 Å². The van der Waals surface area contributed by atoms with E-state index in [9.17, 15) is 9.18 Å². The van der Waals surface area contributed by atoms with Gasteiger partial charge in [-0.1, -0.05) is 18.2 Å². The highest BCUT2D eigenvalue weighted by molar-refractivity contribution is 5.94. The van der Waals surface area contributed by atoms with Crippen LogP contribution in [0.1, 0.15) is 28.8 Å². The molecule has 0 aromatic heterocycles. The normalized spacial score (nSPS) is 15.5. The zero-order valence-electron chi connectivity index (χ0n) is 13.3. The number of hydrogen-bond acceptors (Lipinski definition) is 2. The van der Waals surface area contributed by atoms with E-state index in [1.807, 2.05) is 11.0 Å². The number of carbonyl (C=O) groups excluding carboxylic acids is 1. The smallest absolute Gasteiger partial charge is 0.253 e. The van der Waals surface area contributed by atoms with Gasteiger partial charge in [0, 0.05) is 30.4 Å². The Balaban J connectivity index is 1.57. The number of rotatable bonds is 3. The number of nitrogens with one attached hydrogen (secondary N) is 1. The Labute approximate surface area is 136 Å². The van der Waals surface area contributed by atoms with Gasteiger partial charge in [-0.25, -0.2) is 4.39 Å². The maximum absolute atomic E-state index is 13.3. The van der Waals surface area contributed by atoms with E-state index in [2.05, 4.69) is 30.4 Å². The van der Waals surface area contributed by atoms with Crippen molar-refractivity contribution in [1.82, 2.24) is 4.90 Å². The zero-order chi connectivity index (χ0) is 16.2. The molecule has 1 heterocycles. The van der Waals surface area contributed by atoms with Crippen LogP contribution in [-0.2, 0) is 0 Å². The Hall–Kier alpha value is -2.36. The second-order valence-corrected chi connectivity index (χ2v) is 6.09. The molecule has 3 nitrogen and oxygen atoms in total. The highest BCUT2D eigenvalue weighted by atomic mass is 19.1. The SMILES string of the molecule is Cc1cccc(NC2CCN(C(=O)c3cccc(F)c3)CC2)c1. The third-order valence-electron chi connectivity index (χ3n) is 4.24. The van der Waals surface area contributed by atoms with E-state index in [-0.39, 0.29) is 11.7 Å². The minimum absolute atomic E-state index is 0.0847. The molecule has 0 spiro atoms. The summed E-state index contributed by atoms with van der Waals surface area (Å²) in [6.45, 7) is 3.46. The van der Waals surface area contributed by atoms with Crippen molar-refractivity contribution in [2.45, 2.75) is 25.8 Å². The predicted molar refractivity (Wildman–Crippen MR) is 90.1 cm³/mol. The number of benzene rings is 2. The standard InChI is InChI=1S/C19H21FN2O/c1-14-4-2-7-18(12-14)21-17-8-10-22(11-9-17)19(23)15-5-3-6-16(20)13-15/h2-7,12-13,17,21H,8-11H2,1H3. The number of nitrogens with zero attached hydrogens (tertiary/aromatic N) is 1. The van der Waals surface area contributed by atoms with Crippen molar-refractivity contribution in [3.05, 3.63) is 65.5 Å². The van der Waals surface area contributed by atoms with E-state index < -0.39 is 0 Å². The number of amides is 1. The predicted octanol–water partition coefficient (Wildman–Crippen LogP) is 3.85. The maximum atomic E-state index is 13.3. The summed E-state index contributed by atoms with van der Waals surface area (Å²) in [6, 6.07) is 14.6. The van der Waals surface area contributed by atoms with E-state index >= 15 is 0 Å². The van der Waals surface area contributed by atoms with Crippen molar-refractivity contribution >= 4 is 11.6 Å². The number of anilines is 1. The highest BCUT2D eigenvalue weighted by Crippen LogP contribution is 2.19. The van der Waals surface area contributed by atoms with Crippen LogP contribution in [0.4, 0.5) is 10.1 Å². The number of carbonyl (C=O) groups is 1. The summed E-state index contributed by atoms with van der Waals surface area (Å²) < 4.78 is 13.3. The number of aryl methyl sites for hydroxylation is 1. The van der Waals surface area contributed by atoms with E-state index in [4.69, 9.17) is 0 Å². The second kappa shape index (κ2) is 6.82. The van der Waals surface area contributed by atoms with Crippen LogP contribution in [0.3, 0.4) is 0 Å². The fraction of sp³-hybridized carbons (Fsp3) is 0.316. The van der Waals surface area contributed by atoms with Crippen LogP contribution in [0.5, 0.6) is 0 Å². The molecule has 0 bridgehead atoms. The second-order valence-electron chi connectivity index (χ2n) is 6.09. The molecule has 0 atom stereocenters. The lowest BCUT2D eigenvalue weighted by molar-refractivity contribution is 0.0718. The van der Waals surface area contributed by atoms with Crippen LogP contribution in [0, 0.1) is 12.7 Å². The summed E-state index contributed by atoms with van der Waals surface area (Å²) in [4.78, 5) is 14.2. The molecule has 3 rings (SSSR count). The first-order valence-electron chi connectivity index (χ1n) is 8.00. The lowest BCUT2D eigenvalue weighted by Crippen LogP contribution is -2.42. The van der Waals surface area contributed by atoms with Crippen LogP contribution in [-0.4, -0.2) is 29.9 Å². The van der Waals surface area contributed by atoms with Crippen LogP contribution >= 0.6 is 0 Å². The minimum atomic E-state index is -0.369. The summed E-state index contributed by atoms with van der Waals surface area (Å²) in [7, 11) is 0. The first-order chi connectivity index (χ1) is 11.1. The largest absolute Gasteiger partial charge is 0.382 e. The third-order valence-corrected chi connectivity index (χ3v) is 4.24. The summed E-state index contributed by atoms with van der Waals surface area (Å²) >= 11 is 0. The molecular formula is C19H21FN2O. The maximum Gasteiger partial charge on any atom is 0.253 e. The molecule has 0 unspecified atom stereocenters. The van der Waals surface area contributed by atoms with Crippen LogP contribution < -0.4 is 5.32 Å². The molecule has 1 aliphatic rings. The Morgan fingerprint density at radius 1 is 1.13 bits per heavy atom. The Morgan fingerprint density at radius 2 is 1.87 bits per heavy atom. The van der Waals surface area contributed by atoms with Gasteiger partial charge in [0.25, 0.3) is 5.91 Å². The molecule has 1 amide bonds. The van der Waals surface area contributed by atoms with Crippen molar-refractivity contribution in [3.8, 4) is 0 Å². The molecule has 1 fully saturated rings. The molecule has 120 valence electrons. The van der Waals surface area contributed by atoms with Gasteiger partial charge >= 0.3 is 0 Å². The van der Waals surface area contributed by atoms with E-state index in [1.165, 1.54) is 17.7 Å². The van der Waals surface area contributed by atoms with Gasteiger partial charge in [0.05, 0.1) is 0 Å². The molecule has 1 aliphatic heterocycles. The fourth-order valence-electron chi connectivity index (χ4n) is 3.00. The minimum Gasteiger partial charge on any atom is -0.382 e. The lowest BCUT2D eigenvalue weighted by Gasteiger charge is -2.33. The van der Waals surface area contributed by atoms with E-state index in [0.717, 1.165) is 18.5 Å². The van der Waals surface area contributed by atoms with E-state index in [1.54, 1.807) is 12.1 Å². The first-order valence-corrected chi connectivity index (χ1v) is 8.00. The molecule has 1 N–H and O–H groups in total. The topological polar surface area (TPSA) is 32.3 Å². The highest BCUT2D eigenvalue weighted by Gasteiger charge is 2.23. The molecular weight excluding hydrogens is 291 g/mol. The summed E-state index contributed by atoms with van der Waals surface area (Å²) in [6.07, 6.45) is 1.80. The van der Waals surface area contributed by atoms with Gasteiger partial charge in [-0.3, -0.25) is 4.79 Å². The number of hydrogen-bond donors (Lipinski definition) is 1. The fourth-order valence-corrected chi connectivity index (χ4v) is 3.00. The van der Waals surface area contributed by atoms with Crippen LogP contribution in [0.2, 0.25) is 0 Å². The molecule has 1 saturated heterocycles. The summed E-state index contributed by atoms with van der Waals surface area (Å²) in [5.41, 5.74) is 2.78. The van der Waals surface area contributed by atoms with Gasteiger partial charge in [-0.15, -0.1) is 0 Å². The average Bonchev–Trinajstić information content (AvgIpc) is 2.55. The van der Waals surface area contributed by atoms with Gasteiger partial charge in [0.2, 0.25) is 0 Å².